The Labute approximate surface area is 196 Å². The van der Waals surface area contributed by atoms with Crippen LogP contribution in [0.15, 0.2) is 60.7 Å². The van der Waals surface area contributed by atoms with Gasteiger partial charge in [-0.25, -0.2) is 5.01 Å². The van der Waals surface area contributed by atoms with Crippen molar-refractivity contribution in [2.75, 3.05) is 0 Å². The molecule has 1 aliphatic heterocycles. The van der Waals surface area contributed by atoms with Gasteiger partial charge in [0.25, 0.3) is 17.7 Å². The number of fused-ring (bicyclic) bond motifs is 5. The fraction of sp³-hybridized carbons (Fsp3) is 0.308. The molecule has 7 heteroatoms. The minimum atomic E-state index is -1.06. The minimum Gasteiger partial charge on any atom is -0.292 e. The molecule has 2 bridgehead atoms. The summed E-state index contributed by atoms with van der Waals surface area (Å²) in [7, 11) is 0. The molecule has 2 aromatic rings. The molecule has 1 saturated heterocycles. The molecule has 5 atom stereocenters. The average molecular weight is 463 g/mol. The smallest absolute Gasteiger partial charge is 0.273 e. The number of Topliss-reactive ketones (excluding diaryl/α,β-unsaturated/α-hetero) is 1. The lowest BCUT2D eigenvalue weighted by Gasteiger charge is -2.35. The summed E-state index contributed by atoms with van der Waals surface area (Å²) in [6.07, 6.45) is 4.77. The molecule has 0 radical (unpaired) electrons. The standard InChI is InChI=1S/C26H23ClN2O4/c1-14-3-5-16(6-4-14)23(30)15(2)28(24(31)17-9-11-20(27)12-10-17)29-25(32)21-18-7-8-19(13-18)22(21)26(29)33/h3-12,15,18-19,21-22H,13H2,1-2H3/t15-,18-,19-,21-,22-/m0/s1. The lowest BCUT2D eigenvalue weighted by Crippen LogP contribution is -2.56. The maximum absolute atomic E-state index is 13.6. The second kappa shape index (κ2) is 7.96. The molecule has 5 rings (SSSR count). The van der Waals surface area contributed by atoms with Crippen LogP contribution in [0.1, 0.15) is 39.6 Å². The van der Waals surface area contributed by atoms with Gasteiger partial charge in [-0.05, 0) is 56.4 Å². The number of amides is 3. The van der Waals surface area contributed by atoms with Crippen molar-refractivity contribution in [2.45, 2.75) is 26.3 Å². The van der Waals surface area contributed by atoms with Gasteiger partial charge in [0.1, 0.15) is 6.04 Å². The first-order valence-electron chi connectivity index (χ1n) is 11.0. The summed E-state index contributed by atoms with van der Waals surface area (Å²) < 4.78 is 0. The Bertz CT molecular complexity index is 1160. The van der Waals surface area contributed by atoms with Crippen molar-refractivity contribution in [1.29, 1.82) is 0 Å². The predicted octanol–water partition coefficient (Wildman–Crippen LogP) is 4.08. The highest BCUT2D eigenvalue weighted by Crippen LogP contribution is 2.53. The molecule has 1 saturated carbocycles. The number of rotatable bonds is 5. The zero-order valence-electron chi connectivity index (χ0n) is 18.3. The molecule has 168 valence electrons. The van der Waals surface area contributed by atoms with E-state index in [9.17, 15) is 19.2 Å². The summed E-state index contributed by atoms with van der Waals surface area (Å²) in [6, 6.07) is 12.1. The van der Waals surface area contributed by atoms with E-state index in [0.29, 0.717) is 10.6 Å². The van der Waals surface area contributed by atoms with Crippen LogP contribution < -0.4 is 0 Å². The van der Waals surface area contributed by atoms with E-state index in [-0.39, 0.29) is 23.2 Å². The molecule has 2 fully saturated rings. The molecule has 3 amide bonds. The molecule has 33 heavy (non-hydrogen) atoms. The maximum atomic E-state index is 13.6. The van der Waals surface area contributed by atoms with Crippen molar-refractivity contribution in [2.24, 2.45) is 23.7 Å². The van der Waals surface area contributed by atoms with Crippen LogP contribution in [0.4, 0.5) is 0 Å². The first-order valence-corrected chi connectivity index (χ1v) is 11.4. The lowest BCUT2D eigenvalue weighted by atomic mass is 9.85. The molecule has 0 N–H and O–H groups in total. The van der Waals surface area contributed by atoms with E-state index in [0.717, 1.165) is 22.0 Å². The second-order valence-electron chi connectivity index (χ2n) is 9.05. The summed E-state index contributed by atoms with van der Waals surface area (Å²) >= 11 is 5.97. The van der Waals surface area contributed by atoms with Gasteiger partial charge in [-0.15, -0.1) is 0 Å². The van der Waals surface area contributed by atoms with Gasteiger partial charge < -0.3 is 0 Å². The third kappa shape index (κ3) is 3.40. The highest BCUT2D eigenvalue weighted by molar-refractivity contribution is 6.30. The molecule has 3 aliphatic rings. The monoisotopic (exact) mass is 462 g/mol. The van der Waals surface area contributed by atoms with Crippen molar-refractivity contribution in [3.8, 4) is 0 Å². The summed E-state index contributed by atoms with van der Waals surface area (Å²) in [4.78, 5) is 53.9. The fourth-order valence-electron chi connectivity index (χ4n) is 5.33. The number of nitrogens with zero attached hydrogens (tertiary/aromatic N) is 2. The number of halogens is 1. The Morgan fingerprint density at radius 2 is 1.42 bits per heavy atom. The molecule has 0 unspecified atom stereocenters. The van der Waals surface area contributed by atoms with E-state index in [1.165, 1.54) is 12.1 Å². The van der Waals surface area contributed by atoms with Crippen LogP contribution in [0.3, 0.4) is 0 Å². The Kier molecular flexibility index (Phi) is 5.20. The van der Waals surface area contributed by atoms with Crippen molar-refractivity contribution >= 4 is 35.1 Å². The van der Waals surface area contributed by atoms with Crippen LogP contribution in [-0.4, -0.2) is 39.6 Å². The number of imide groups is 1. The summed E-state index contributed by atoms with van der Waals surface area (Å²) in [5.74, 6) is -2.73. The van der Waals surface area contributed by atoms with Gasteiger partial charge in [0.05, 0.1) is 11.8 Å². The van der Waals surface area contributed by atoms with Crippen LogP contribution in [0, 0.1) is 30.6 Å². The topological polar surface area (TPSA) is 74.8 Å². The van der Waals surface area contributed by atoms with Crippen LogP contribution in [0.5, 0.6) is 0 Å². The molecular weight excluding hydrogens is 440 g/mol. The Morgan fingerprint density at radius 3 is 1.97 bits per heavy atom. The molecule has 6 nitrogen and oxygen atoms in total. The van der Waals surface area contributed by atoms with Crippen molar-refractivity contribution < 1.29 is 19.2 Å². The zero-order valence-corrected chi connectivity index (χ0v) is 19.0. The van der Waals surface area contributed by atoms with Crippen LogP contribution in [0.2, 0.25) is 5.02 Å². The Balaban J connectivity index is 1.54. The highest BCUT2D eigenvalue weighted by Gasteiger charge is 2.61. The van der Waals surface area contributed by atoms with Gasteiger partial charge in [0.2, 0.25) is 0 Å². The first kappa shape index (κ1) is 21.6. The van der Waals surface area contributed by atoms with E-state index in [2.05, 4.69) is 0 Å². The third-order valence-electron chi connectivity index (χ3n) is 7.04. The Morgan fingerprint density at radius 1 is 0.909 bits per heavy atom. The number of hydrogen-bond donors (Lipinski definition) is 0. The van der Waals surface area contributed by atoms with Crippen LogP contribution in [0.25, 0.3) is 0 Å². The number of hydrazine groups is 1. The van der Waals surface area contributed by atoms with E-state index in [1.54, 1.807) is 31.2 Å². The normalized spacial score (nSPS) is 26.0. The lowest BCUT2D eigenvalue weighted by molar-refractivity contribution is -0.157. The summed E-state index contributed by atoms with van der Waals surface area (Å²) in [5, 5.41) is 2.44. The molecular formula is C26H23ClN2O4. The van der Waals surface area contributed by atoms with E-state index >= 15 is 0 Å². The van der Waals surface area contributed by atoms with Gasteiger partial charge in [0.15, 0.2) is 5.78 Å². The molecule has 0 aromatic heterocycles. The zero-order chi connectivity index (χ0) is 23.4. The SMILES string of the molecule is Cc1ccc(C(=O)[C@H](C)N(C(=O)c2ccc(Cl)cc2)N2C(=O)[C@@H]3[C@@H](C2=O)[C@H]2C=C[C@H]3C2)cc1. The van der Waals surface area contributed by atoms with Crippen LogP contribution >= 0.6 is 11.6 Å². The minimum absolute atomic E-state index is 0.00274. The summed E-state index contributed by atoms with van der Waals surface area (Å²) in [6.45, 7) is 3.47. The van der Waals surface area contributed by atoms with Gasteiger partial charge >= 0.3 is 0 Å². The molecule has 1 heterocycles. The maximum Gasteiger partial charge on any atom is 0.273 e. The third-order valence-corrected chi connectivity index (χ3v) is 7.30. The number of carbonyl (C=O) groups excluding carboxylic acids is 4. The molecule has 0 spiro atoms. The van der Waals surface area contributed by atoms with Gasteiger partial charge in [-0.2, -0.15) is 5.01 Å². The van der Waals surface area contributed by atoms with Gasteiger partial charge in [0, 0.05) is 16.1 Å². The quantitative estimate of drug-likeness (QED) is 0.381. The summed E-state index contributed by atoms with van der Waals surface area (Å²) in [5.41, 5.74) is 1.64. The average Bonchev–Trinajstić information content (AvgIpc) is 3.49. The number of benzene rings is 2. The van der Waals surface area contributed by atoms with E-state index in [4.69, 9.17) is 11.6 Å². The Hall–Kier alpha value is -3.25. The molecule has 2 aromatic carbocycles. The predicted molar refractivity (Wildman–Crippen MR) is 122 cm³/mol. The van der Waals surface area contributed by atoms with Crippen molar-refractivity contribution in [3.05, 3.63) is 82.4 Å². The van der Waals surface area contributed by atoms with E-state index < -0.39 is 35.6 Å². The number of hydrogen-bond acceptors (Lipinski definition) is 4. The highest BCUT2D eigenvalue weighted by atomic mass is 35.5. The fourth-order valence-corrected chi connectivity index (χ4v) is 5.46. The van der Waals surface area contributed by atoms with Crippen molar-refractivity contribution in [1.82, 2.24) is 10.0 Å². The largest absolute Gasteiger partial charge is 0.292 e. The molecule has 2 aliphatic carbocycles. The number of carbonyl (C=O) groups is 4. The number of allylic oxidation sites excluding steroid dienone is 2. The van der Waals surface area contributed by atoms with Crippen LogP contribution in [-0.2, 0) is 9.59 Å². The van der Waals surface area contributed by atoms with Gasteiger partial charge in [-0.3, -0.25) is 19.2 Å². The van der Waals surface area contributed by atoms with Gasteiger partial charge in [-0.1, -0.05) is 53.6 Å². The van der Waals surface area contributed by atoms with Crippen molar-refractivity contribution in [3.63, 3.8) is 0 Å². The first-order chi connectivity index (χ1) is 15.8. The van der Waals surface area contributed by atoms with E-state index in [1.807, 2.05) is 31.2 Å². The number of ketones is 1. The number of aryl methyl sites for hydroxylation is 1. The second-order valence-corrected chi connectivity index (χ2v) is 9.49.